The van der Waals surface area contributed by atoms with E-state index in [1.165, 1.54) is 11.1 Å². The summed E-state index contributed by atoms with van der Waals surface area (Å²) in [6.07, 6.45) is 3.11. The van der Waals surface area contributed by atoms with E-state index in [1.54, 1.807) is 0 Å². The zero-order chi connectivity index (χ0) is 15.8. The molecule has 0 atom stereocenters. The summed E-state index contributed by atoms with van der Waals surface area (Å²) in [5, 5.41) is 0. The number of carbonyl (C=O) groups excluding carboxylic acids is 1. The van der Waals surface area contributed by atoms with Crippen molar-refractivity contribution in [3.8, 4) is 0 Å². The molecule has 3 heteroatoms. The minimum absolute atomic E-state index is 0.108. The quantitative estimate of drug-likeness (QED) is 0.705. The summed E-state index contributed by atoms with van der Waals surface area (Å²) in [7, 11) is 0. The molecule has 1 aliphatic heterocycles. The fraction of sp³-hybridized carbons (Fsp3) is 0.611. The smallest absolute Gasteiger partial charge is 0.232 e. The van der Waals surface area contributed by atoms with E-state index in [2.05, 4.69) is 48.0 Å². The summed E-state index contributed by atoms with van der Waals surface area (Å²) in [4.78, 5) is 14.6. The molecule has 0 saturated heterocycles. The fourth-order valence-corrected chi connectivity index (χ4v) is 3.19. The van der Waals surface area contributed by atoms with Gasteiger partial charge < -0.3 is 4.90 Å². The van der Waals surface area contributed by atoms with Crippen molar-refractivity contribution in [1.29, 1.82) is 0 Å². The van der Waals surface area contributed by atoms with Gasteiger partial charge in [-0.3, -0.25) is 4.79 Å². The molecule has 0 bridgehead atoms. The number of anilines is 1. The Balaban J connectivity index is 2.31. The first-order valence-corrected chi connectivity index (χ1v) is 8.50. The van der Waals surface area contributed by atoms with Gasteiger partial charge in [0.2, 0.25) is 5.91 Å². The van der Waals surface area contributed by atoms with Gasteiger partial charge in [-0.1, -0.05) is 48.8 Å². The summed E-state index contributed by atoms with van der Waals surface area (Å²) in [6, 6.07) is 6.57. The molecule has 1 heterocycles. The molecule has 2 nitrogen and oxygen atoms in total. The van der Waals surface area contributed by atoms with Gasteiger partial charge in [0.25, 0.3) is 0 Å². The third-order valence-electron chi connectivity index (χ3n) is 3.77. The van der Waals surface area contributed by atoms with Gasteiger partial charge in [0.05, 0.1) is 0 Å². The average molecular weight is 352 g/mol. The normalized spacial score (nSPS) is 15.8. The number of nitrogens with zero attached hydrogens (tertiary/aromatic N) is 1. The van der Waals surface area contributed by atoms with E-state index in [0.717, 1.165) is 31.5 Å². The molecule has 1 amide bonds. The van der Waals surface area contributed by atoms with Gasteiger partial charge >= 0.3 is 0 Å². The van der Waals surface area contributed by atoms with E-state index < -0.39 is 0 Å². The van der Waals surface area contributed by atoms with E-state index in [1.807, 2.05) is 25.7 Å². The number of amides is 1. The zero-order valence-corrected chi connectivity index (χ0v) is 15.4. The molecule has 1 aliphatic rings. The number of hydrogen-bond donors (Lipinski definition) is 0. The Morgan fingerprint density at radius 1 is 1.24 bits per heavy atom. The van der Waals surface area contributed by atoms with Gasteiger partial charge in [-0.2, -0.15) is 0 Å². The maximum absolute atomic E-state index is 12.6. The van der Waals surface area contributed by atoms with Crippen molar-refractivity contribution in [1.82, 2.24) is 0 Å². The van der Waals surface area contributed by atoms with Crippen LogP contribution >= 0.6 is 15.9 Å². The third-order valence-corrected chi connectivity index (χ3v) is 4.05. The standard InChI is InChI=1S/C18H26BrNO/c1-17(2,3)16(21)20-10-6-7-14-11-13(8-9-15(14)20)12-18(4,5)19/h8-9,11H,6-7,10,12H2,1-5H3. The van der Waals surface area contributed by atoms with Crippen molar-refractivity contribution in [3.05, 3.63) is 29.3 Å². The predicted molar refractivity (Wildman–Crippen MR) is 93.3 cm³/mol. The largest absolute Gasteiger partial charge is 0.312 e. The highest BCUT2D eigenvalue weighted by molar-refractivity contribution is 9.10. The second-order valence-electron chi connectivity index (χ2n) is 7.67. The molecule has 0 spiro atoms. The maximum Gasteiger partial charge on any atom is 0.232 e. The molecule has 0 aliphatic carbocycles. The van der Waals surface area contributed by atoms with Crippen LogP contribution in [0.15, 0.2) is 18.2 Å². The van der Waals surface area contributed by atoms with Crippen LogP contribution in [0, 0.1) is 5.41 Å². The van der Waals surface area contributed by atoms with Crippen LogP contribution in [0.2, 0.25) is 0 Å². The summed E-state index contributed by atoms with van der Waals surface area (Å²) in [5.74, 6) is 0.219. The molecule has 116 valence electrons. The van der Waals surface area contributed by atoms with Crippen LogP contribution in [-0.4, -0.2) is 16.8 Å². The van der Waals surface area contributed by atoms with Crippen molar-refractivity contribution in [2.24, 2.45) is 5.41 Å². The Morgan fingerprint density at radius 2 is 1.90 bits per heavy atom. The molecule has 2 rings (SSSR count). The number of benzene rings is 1. The molecular weight excluding hydrogens is 326 g/mol. The van der Waals surface area contributed by atoms with E-state index in [-0.39, 0.29) is 15.6 Å². The van der Waals surface area contributed by atoms with Crippen molar-refractivity contribution in [2.75, 3.05) is 11.4 Å². The molecule has 1 aromatic carbocycles. The molecule has 0 saturated carbocycles. The number of aryl methyl sites for hydroxylation is 1. The number of carbonyl (C=O) groups is 1. The van der Waals surface area contributed by atoms with Gasteiger partial charge in [-0.05, 0) is 50.3 Å². The van der Waals surface area contributed by atoms with E-state index in [0.29, 0.717) is 0 Å². The number of alkyl halides is 1. The van der Waals surface area contributed by atoms with Crippen LogP contribution in [-0.2, 0) is 17.6 Å². The number of rotatable bonds is 2. The number of halogens is 1. The first-order valence-electron chi connectivity index (χ1n) is 7.71. The number of hydrogen-bond acceptors (Lipinski definition) is 1. The van der Waals surface area contributed by atoms with Crippen molar-refractivity contribution in [2.45, 2.75) is 58.2 Å². The Labute approximate surface area is 137 Å². The first kappa shape index (κ1) is 16.5. The SMILES string of the molecule is CC(C)(Br)Cc1ccc2c(c1)CCCN2C(=O)C(C)(C)C. The lowest BCUT2D eigenvalue weighted by Gasteiger charge is -2.34. The fourth-order valence-electron chi connectivity index (χ4n) is 2.86. The monoisotopic (exact) mass is 351 g/mol. The Hall–Kier alpha value is -0.830. The minimum Gasteiger partial charge on any atom is -0.312 e. The van der Waals surface area contributed by atoms with Crippen LogP contribution in [0.3, 0.4) is 0 Å². The van der Waals surface area contributed by atoms with Gasteiger partial charge in [-0.15, -0.1) is 0 Å². The van der Waals surface area contributed by atoms with E-state index >= 15 is 0 Å². The maximum atomic E-state index is 12.6. The highest BCUT2D eigenvalue weighted by Gasteiger charge is 2.31. The Kier molecular flexibility index (Phi) is 4.53. The summed E-state index contributed by atoms with van der Waals surface area (Å²) in [6.45, 7) is 11.2. The zero-order valence-electron chi connectivity index (χ0n) is 13.8. The Bertz CT molecular complexity index is 537. The van der Waals surface area contributed by atoms with Crippen molar-refractivity contribution in [3.63, 3.8) is 0 Å². The molecule has 1 aromatic rings. The number of fused-ring (bicyclic) bond motifs is 1. The molecular formula is C18H26BrNO. The van der Waals surface area contributed by atoms with E-state index in [4.69, 9.17) is 0 Å². The minimum atomic E-state index is -0.328. The second kappa shape index (κ2) is 5.75. The topological polar surface area (TPSA) is 20.3 Å². The van der Waals surface area contributed by atoms with Crippen LogP contribution in [0.25, 0.3) is 0 Å². The summed E-state index contributed by atoms with van der Waals surface area (Å²) in [5.41, 5.74) is 3.43. The predicted octanol–water partition coefficient (Wildman–Crippen LogP) is 4.73. The van der Waals surface area contributed by atoms with Gasteiger partial charge in [0.15, 0.2) is 0 Å². The average Bonchev–Trinajstić information content (AvgIpc) is 2.33. The molecule has 0 aromatic heterocycles. The van der Waals surface area contributed by atoms with Crippen molar-refractivity contribution >= 4 is 27.5 Å². The molecule has 0 unspecified atom stereocenters. The molecule has 0 N–H and O–H groups in total. The van der Waals surface area contributed by atoms with Crippen LogP contribution in [0.1, 0.15) is 52.2 Å². The summed E-state index contributed by atoms with van der Waals surface area (Å²) >= 11 is 3.71. The molecule has 0 fully saturated rings. The Morgan fingerprint density at radius 3 is 2.48 bits per heavy atom. The second-order valence-corrected chi connectivity index (χ2v) is 9.82. The highest BCUT2D eigenvalue weighted by atomic mass is 79.9. The lowest BCUT2D eigenvalue weighted by atomic mass is 9.91. The molecule has 0 radical (unpaired) electrons. The first-order chi connectivity index (χ1) is 9.58. The van der Waals surface area contributed by atoms with Crippen LogP contribution in [0.4, 0.5) is 5.69 Å². The van der Waals surface area contributed by atoms with Crippen molar-refractivity contribution < 1.29 is 4.79 Å². The third kappa shape index (κ3) is 4.09. The van der Waals surface area contributed by atoms with E-state index in [9.17, 15) is 4.79 Å². The highest BCUT2D eigenvalue weighted by Crippen LogP contribution is 2.33. The summed E-state index contributed by atoms with van der Waals surface area (Å²) < 4.78 is 0.108. The lowest BCUT2D eigenvalue weighted by molar-refractivity contribution is -0.125. The van der Waals surface area contributed by atoms with Crippen LogP contribution < -0.4 is 4.90 Å². The van der Waals surface area contributed by atoms with Gasteiger partial charge in [-0.25, -0.2) is 0 Å². The van der Waals surface area contributed by atoms with Gasteiger partial charge in [0, 0.05) is 22.0 Å². The lowest BCUT2D eigenvalue weighted by Crippen LogP contribution is -2.42. The van der Waals surface area contributed by atoms with Gasteiger partial charge in [0.1, 0.15) is 0 Å². The molecule has 21 heavy (non-hydrogen) atoms. The van der Waals surface area contributed by atoms with Crippen LogP contribution in [0.5, 0.6) is 0 Å².